The number of nitrogens with zero attached hydrogens (tertiary/aromatic N) is 7. The van der Waals surface area contributed by atoms with E-state index < -0.39 is 8.07 Å². The Hall–Kier alpha value is -8.24. The fourth-order valence-electron chi connectivity index (χ4n) is 14.3. The fourth-order valence-corrected chi connectivity index (χ4v) is 19.3. The largest absolute Gasteiger partial charge is 0.502 e. The van der Waals surface area contributed by atoms with E-state index in [0.29, 0.717) is 0 Å². The summed E-state index contributed by atoms with van der Waals surface area (Å²) in [5, 5.41) is 18.1. The third-order valence-corrected chi connectivity index (χ3v) is 24.4. The third kappa shape index (κ3) is 12.4. The third-order valence-electron chi connectivity index (χ3n) is 18.7. The molecule has 0 aliphatic carbocycles. The molecule has 21 rings (SSSR count). The molecular weight excluding hydrogens is 2160 g/mol. The fraction of sp³-hybridized carbons (Fsp3) is 0.0471. The number of pyridine rings is 5. The molecule has 0 amide bonds. The van der Waals surface area contributed by atoms with Crippen LogP contribution in [0.25, 0.3) is 110 Å². The number of ether oxygens (including phenoxy) is 1. The zero-order chi connectivity index (χ0) is 63.7. The van der Waals surface area contributed by atoms with Crippen molar-refractivity contribution in [3.63, 3.8) is 0 Å². The van der Waals surface area contributed by atoms with Gasteiger partial charge in [-0.2, -0.15) is 0 Å². The van der Waals surface area contributed by atoms with Crippen LogP contribution in [0.5, 0.6) is 11.5 Å². The molecule has 1 atom stereocenters. The molecule has 0 spiro atoms. The molecule has 0 saturated heterocycles. The summed E-state index contributed by atoms with van der Waals surface area (Å²) in [6, 6.07) is 100. The SMILES string of the molecule is CN1c2ccc[c-]c2-c2nccc3cccc1c23.CP1c2ccc[c-]c2-c2nccc3cccc1c23.C[Si]1(C)c2ccc[c-]c2-c2nccc3cccc1c23.[Ir].[Ir].[Ir].[Ir].[Ir].[c-]1cccc2c1-c1nccc3cccc(c13)N2c1ccccc1.[c-]1cccc2c1-c1nccc3cccc(c13)O2. The first kappa shape index (κ1) is 71.6. The molecule has 5 aliphatic rings. The Morgan fingerprint density at radius 2 is 0.740 bits per heavy atom. The van der Waals surface area contributed by atoms with Gasteiger partial charge in [0.15, 0.2) is 0 Å². The second-order valence-corrected chi connectivity index (χ2v) is 30.8. The van der Waals surface area contributed by atoms with Crippen LogP contribution in [-0.2, 0) is 101 Å². The quantitative estimate of drug-likeness (QED) is 0.0914. The van der Waals surface area contributed by atoms with Crippen molar-refractivity contribution in [2.75, 3.05) is 23.5 Å². The molecule has 15 heteroatoms. The maximum absolute atomic E-state index is 5.88. The Labute approximate surface area is 651 Å². The zero-order valence-electron chi connectivity index (χ0n) is 54.1. The first-order valence-electron chi connectivity index (χ1n) is 31.7. The van der Waals surface area contributed by atoms with Crippen molar-refractivity contribution < 1.29 is 105 Å². The molecule has 100 heavy (non-hydrogen) atoms. The normalized spacial score (nSPS) is 13.0. The van der Waals surface area contributed by atoms with Crippen molar-refractivity contribution in [1.82, 2.24) is 24.9 Å². The van der Waals surface area contributed by atoms with Crippen molar-refractivity contribution in [3.05, 3.63) is 304 Å². The topological polar surface area (TPSA) is 80.2 Å². The molecule has 5 aliphatic heterocycles. The smallest absolute Gasteiger partial charge is 0.115 e. The minimum Gasteiger partial charge on any atom is -0.502 e. The van der Waals surface area contributed by atoms with Crippen LogP contribution < -0.4 is 35.5 Å². The maximum atomic E-state index is 5.88. The summed E-state index contributed by atoms with van der Waals surface area (Å²) >= 11 is 0. The van der Waals surface area contributed by atoms with E-state index in [9.17, 15) is 0 Å². The summed E-state index contributed by atoms with van der Waals surface area (Å²) in [6.45, 7) is 7.17. The van der Waals surface area contributed by atoms with Gasteiger partial charge in [0, 0.05) is 172 Å². The molecule has 11 aromatic carbocycles. The molecule has 0 saturated carbocycles. The van der Waals surface area contributed by atoms with E-state index in [-0.39, 0.29) is 108 Å². The number of benzene rings is 11. The van der Waals surface area contributed by atoms with Gasteiger partial charge in [-0.05, 0) is 155 Å². The first-order chi connectivity index (χ1) is 46.8. The van der Waals surface area contributed by atoms with Crippen LogP contribution in [0.4, 0.5) is 28.4 Å². The first-order valence-corrected chi connectivity index (χ1v) is 36.5. The van der Waals surface area contributed by atoms with Crippen molar-refractivity contribution in [2.24, 2.45) is 0 Å². The standard InChI is InChI=1S/C21H13N2.C17H14NSi.C16H11N2.C16H11NP.C15H8NO.5Ir/c1-2-8-16(9-3-1)23-18-11-5-4-10-17(18)21-20-15(13-14-22-21)7-6-12-19(20)23;1-19(2)14-8-4-3-7-13(14)17-16-12(10-11-18-17)6-5-9-15(16)19;2*1-18-13-7-3-2-6-12(13)16-15-11(9-10-17-16)5-4-8-14(15)18;1-2-6-12-11(5-1)15-14-10(8-9-16-15)4-3-7-13(14)17-12;;;;;/h1-9,11-14H;3-6,8-11H,1-2H3;2*2-5,7-10H,1H3;1-4,6-9H;;;;;/q5*-1;;;;;. The summed E-state index contributed by atoms with van der Waals surface area (Å²) in [4.78, 5) is 27.4. The Morgan fingerprint density at radius 1 is 0.330 bits per heavy atom. The van der Waals surface area contributed by atoms with Crippen molar-refractivity contribution in [3.8, 4) is 67.8 Å². The van der Waals surface area contributed by atoms with Gasteiger partial charge in [-0.25, -0.2) is 0 Å². The average molecular weight is 2210 g/mol. The number of para-hydroxylation sites is 1. The molecule has 8 nitrogen and oxygen atoms in total. The van der Waals surface area contributed by atoms with Crippen molar-refractivity contribution >= 4 is 119 Å². The minimum absolute atomic E-state index is 0. The number of fused-ring (bicyclic) bond motifs is 10. The molecule has 0 N–H and O–H groups in total. The zero-order valence-corrected chi connectivity index (χ0v) is 68.0. The number of rotatable bonds is 1. The Bertz CT molecular complexity index is 5590. The van der Waals surface area contributed by atoms with Gasteiger partial charge in [0.25, 0.3) is 0 Å². The second-order valence-electron chi connectivity index (χ2n) is 24.4. The van der Waals surface area contributed by atoms with Crippen molar-refractivity contribution in [1.29, 1.82) is 0 Å². The molecule has 16 aromatic rings. The van der Waals surface area contributed by atoms with Crippen LogP contribution in [0.2, 0.25) is 13.1 Å². The van der Waals surface area contributed by atoms with Crippen LogP contribution in [0.15, 0.2) is 274 Å². The summed E-state index contributed by atoms with van der Waals surface area (Å²) in [5.74, 6) is 1.70. The van der Waals surface area contributed by atoms with Gasteiger partial charge in [0.2, 0.25) is 0 Å². The predicted octanol–water partition coefficient (Wildman–Crippen LogP) is 19.0. The summed E-state index contributed by atoms with van der Waals surface area (Å²) in [7, 11) is 0.177. The van der Waals surface area contributed by atoms with Gasteiger partial charge in [-0.1, -0.05) is 128 Å². The van der Waals surface area contributed by atoms with Crippen molar-refractivity contribution in [2.45, 2.75) is 13.1 Å². The summed E-state index contributed by atoms with van der Waals surface area (Å²) in [5.41, 5.74) is 16.5. The number of hydrogen-bond acceptors (Lipinski definition) is 8. The van der Waals surface area contributed by atoms with Crippen LogP contribution in [0.1, 0.15) is 0 Å². The second kappa shape index (κ2) is 30.1. The van der Waals surface area contributed by atoms with Crippen LogP contribution in [0, 0.1) is 30.3 Å². The van der Waals surface area contributed by atoms with Gasteiger partial charge >= 0.3 is 0 Å². The van der Waals surface area contributed by atoms with Gasteiger partial charge in [-0.3, -0.25) is 0 Å². The molecule has 5 aromatic heterocycles. The van der Waals surface area contributed by atoms with Gasteiger partial charge < -0.3 is 39.5 Å². The van der Waals surface area contributed by atoms with E-state index in [1.165, 1.54) is 86.6 Å². The Kier molecular flexibility index (Phi) is 21.6. The van der Waals surface area contributed by atoms with E-state index in [1.54, 1.807) is 0 Å². The van der Waals surface area contributed by atoms with Crippen LogP contribution in [-0.4, -0.2) is 46.7 Å². The molecule has 10 heterocycles. The monoisotopic (exact) mass is 2220 g/mol. The Balaban J connectivity index is 0.000000117. The summed E-state index contributed by atoms with van der Waals surface area (Å²) < 4.78 is 5.88. The van der Waals surface area contributed by atoms with Gasteiger partial charge in [0.1, 0.15) is 5.75 Å². The minimum atomic E-state index is -1.63. The maximum Gasteiger partial charge on any atom is 0.115 e. The van der Waals surface area contributed by atoms with Crippen LogP contribution >= 0.6 is 7.92 Å². The van der Waals surface area contributed by atoms with E-state index in [0.717, 1.165) is 84.5 Å². The van der Waals surface area contributed by atoms with Gasteiger partial charge in [0.05, 0.1) is 8.07 Å². The molecular formula is C85H57Ir5N7OPSi-5. The molecule has 0 bridgehead atoms. The van der Waals surface area contributed by atoms with E-state index in [2.05, 4.69) is 256 Å². The predicted molar refractivity (Wildman–Crippen MR) is 395 cm³/mol. The number of anilines is 5. The Morgan fingerprint density at radius 3 is 1.38 bits per heavy atom. The molecule has 0 fully saturated rings. The van der Waals surface area contributed by atoms with E-state index in [1.807, 2.05) is 110 Å². The average Bonchev–Trinajstić information content (AvgIpc) is 0.655. The molecule has 1 unspecified atom stereocenters. The molecule has 497 valence electrons. The number of hydrogen-bond donors (Lipinski definition) is 0. The van der Waals surface area contributed by atoms with Gasteiger partial charge in [-0.15, -0.1) is 149 Å². The van der Waals surface area contributed by atoms with E-state index in [4.69, 9.17) is 4.74 Å². The summed E-state index contributed by atoms with van der Waals surface area (Å²) in [6.07, 6.45) is 9.39. The molecule has 5 radical (unpaired) electrons. The number of aromatic nitrogens is 5. The van der Waals surface area contributed by atoms with E-state index >= 15 is 0 Å². The van der Waals surface area contributed by atoms with Crippen LogP contribution in [0.3, 0.4) is 0 Å².